The molecule has 0 spiro atoms. The number of ether oxygens (including phenoxy) is 1. The summed E-state index contributed by atoms with van der Waals surface area (Å²) in [7, 11) is 0. The number of carbonyl (C=O) groups is 2. The molecule has 0 bridgehead atoms. The smallest absolute Gasteiger partial charge is 0.344 e. The number of hydrogen-bond acceptors (Lipinski definition) is 5. The van der Waals surface area contributed by atoms with E-state index in [2.05, 4.69) is 5.16 Å². The number of hydrogen-bond donors (Lipinski definition) is 0. The Bertz CT molecular complexity index is 791. The summed E-state index contributed by atoms with van der Waals surface area (Å²) in [6.07, 6.45) is 2.92. The van der Waals surface area contributed by atoms with Crippen molar-refractivity contribution in [3.63, 3.8) is 0 Å². The van der Waals surface area contributed by atoms with Crippen LogP contribution in [0.2, 0.25) is 0 Å². The van der Waals surface area contributed by atoms with Crippen molar-refractivity contribution in [1.29, 1.82) is 0 Å². The number of esters is 1. The first kappa shape index (κ1) is 16.4. The average molecular weight is 327 g/mol. The molecule has 1 aromatic carbocycles. The zero-order chi connectivity index (χ0) is 17.3. The highest BCUT2D eigenvalue weighted by Gasteiger charge is 2.26. The third kappa shape index (κ3) is 2.98. The molecule has 1 aliphatic carbocycles. The second-order valence-corrected chi connectivity index (χ2v) is 6.16. The summed E-state index contributed by atoms with van der Waals surface area (Å²) in [5.74, 6) is -0.341. The molecule has 0 saturated heterocycles. The summed E-state index contributed by atoms with van der Waals surface area (Å²) < 4.78 is 10.4. The summed E-state index contributed by atoms with van der Waals surface area (Å²) in [5, 5.41) is 3.84. The molecule has 0 N–H and O–H groups in total. The van der Waals surface area contributed by atoms with Crippen LogP contribution in [0.15, 0.2) is 22.7 Å². The highest BCUT2D eigenvalue weighted by molar-refractivity contribution is 6.02. The second-order valence-electron chi connectivity index (χ2n) is 6.16. The molecule has 1 atom stereocenters. The van der Waals surface area contributed by atoms with Gasteiger partial charge in [-0.2, -0.15) is 0 Å². The van der Waals surface area contributed by atoms with E-state index in [0.29, 0.717) is 29.0 Å². The summed E-state index contributed by atoms with van der Waals surface area (Å²) in [6.45, 7) is 5.14. The van der Waals surface area contributed by atoms with Gasteiger partial charge >= 0.3 is 5.97 Å². The van der Waals surface area contributed by atoms with E-state index in [0.717, 1.165) is 19.3 Å². The molecule has 1 heterocycles. The molecule has 126 valence electrons. The maximum Gasteiger partial charge on any atom is 0.344 e. The van der Waals surface area contributed by atoms with Crippen LogP contribution in [0.25, 0.3) is 0 Å². The molecule has 1 aromatic heterocycles. The number of carbonyl (C=O) groups excluding carboxylic acids is 2. The van der Waals surface area contributed by atoms with Crippen molar-refractivity contribution < 1.29 is 18.8 Å². The van der Waals surface area contributed by atoms with Crippen LogP contribution < -0.4 is 0 Å². The number of benzene rings is 1. The molecule has 0 amide bonds. The number of nitrogens with zero attached hydrogens (tertiary/aromatic N) is 1. The second kappa shape index (κ2) is 6.59. The minimum Gasteiger partial charge on any atom is -0.451 e. The lowest BCUT2D eigenvalue weighted by Crippen LogP contribution is -2.25. The molecule has 1 aliphatic rings. The first-order chi connectivity index (χ1) is 11.5. The molecule has 0 saturated carbocycles. The van der Waals surface area contributed by atoms with E-state index in [-0.39, 0.29) is 5.78 Å². The number of aryl methyl sites for hydroxylation is 4. The molecule has 24 heavy (non-hydrogen) atoms. The van der Waals surface area contributed by atoms with Crippen molar-refractivity contribution in [2.24, 2.45) is 0 Å². The Morgan fingerprint density at radius 2 is 2.04 bits per heavy atom. The summed E-state index contributed by atoms with van der Waals surface area (Å²) in [4.78, 5) is 24.9. The molecule has 5 nitrogen and oxygen atoms in total. The summed E-state index contributed by atoms with van der Waals surface area (Å²) in [6, 6.07) is 5.75. The molecule has 2 aromatic rings. The predicted octanol–water partition coefficient (Wildman–Crippen LogP) is 3.46. The SMILES string of the molecule is CCc1noc(C)c1C(=O)OC(C)C(=O)c1ccc2c(c1)CCC2. The highest BCUT2D eigenvalue weighted by atomic mass is 16.5. The van der Waals surface area contributed by atoms with Gasteiger partial charge in [-0.25, -0.2) is 4.79 Å². The van der Waals surface area contributed by atoms with Crippen molar-refractivity contribution in [2.75, 3.05) is 0 Å². The molecule has 1 unspecified atom stereocenters. The van der Waals surface area contributed by atoms with Crippen LogP contribution in [0.3, 0.4) is 0 Å². The number of aromatic nitrogens is 1. The highest BCUT2D eigenvalue weighted by Crippen LogP contribution is 2.24. The first-order valence-corrected chi connectivity index (χ1v) is 8.33. The maximum absolute atomic E-state index is 12.6. The van der Waals surface area contributed by atoms with Gasteiger partial charge in [0.25, 0.3) is 0 Å². The Kier molecular flexibility index (Phi) is 4.51. The van der Waals surface area contributed by atoms with Gasteiger partial charge in [0.15, 0.2) is 6.10 Å². The summed E-state index contributed by atoms with van der Waals surface area (Å²) in [5.41, 5.74) is 4.00. The molecule has 0 fully saturated rings. The fraction of sp³-hybridized carbons (Fsp3) is 0.421. The lowest BCUT2D eigenvalue weighted by molar-refractivity contribution is 0.0316. The molecule has 3 rings (SSSR count). The maximum atomic E-state index is 12.6. The van der Waals surface area contributed by atoms with Gasteiger partial charge in [0.1, 0.15) is 11.3 Å². The molecular formula is C19H21NO4. The number of fused-ring (bicyclic) bond motifs is 1. The zero-order valence-corrected chi connectivity index (χ0v) is 14.2. The van der Waals surface area contributed by atoms with Crippen LogP contribution in [0.4, 0.5) is 0 Å². The van der Waals surface area contributed by atoms with Gasteiger partial charge in [-0.15, -0.1) is 0 Å². The van der Waals surface area contributed by atoms with Crippen molar-refractivity contribution in [3.05, 3.63) is 51.9 Å². The van der Waals surface area contributed by atoms with Gasteiger partial charge in [-0.1, -0.05) is 24.2 Å². The van der Waals surface area contributed by atoms with Crippen molar-refractivity contribution >= 4 is 11.8 Å². The quantitative estimate of drug-likeness (QED) is 0.621. The standard InChI is InChI=1S/C19H21NO4/c1-4-16-17(11(2)24-20-16)19(22)23-12(3)18(21)15-9-8-13-6-5-7-14(13)10-15/h8-10,12H,4-7H2,1-3H3. The van der Waals surface area contributed by atoms with E-state index < -0.39 is 12.1 Å². The van der Waals surface area contributed by atoms with E-state index in [1.807, 2.05) is 25.1 Å². The van der Waals surface area contributed by atoms with Crippen molar-refractivity contribution in [1.82, 2.24) is 5.16 Å². The zero-order valence-electron chi connectivity index (χ0n) is 14.2. The van der Waals surface area contributed by atoms with Crippen LogP contribution in [0, 0.1) is 6.92 Å². The lowest BCUT2D eigenvalue weighted by Gasteiger charge is -2.13. The van der Waals surface area contributed by atoms with E-state index >= 15 is 0 Å². The van der Waals surface area contributed by atoms with Gasteiger partial charge in [0.2, 0.25) is 5.78 Å². The Morgan fingerprint density at radius 3 is 2.79 bits per heavy atom. The number of rotatable bonds is 5. The minimum absolute atomic E-state index is 0.190. The first-order valence-electron chi connectivity index (χ1n) is 8.33. The van der Waals surface area contributed by atoms with Gasteiger partial charge in [0, 0.05) is 5.56 Å². The minimum atomic E-state index is -0.851. The average Bonchev–Trinajstić information content (AvgIpc) is 3.18. The number of ketones is 1. The lowest BCUT2D eigenvalue weighted by atomic mass is 10.0. The normalized spacial score (nSPS) is 14.3. The topological polar surface area (TPSA) is 69.4 Å². The molecule has 0 aliphatic heterocycles. The monoisotopic (exact) mass is 327 g/mol. The van der Waals surface area contributed by atoms with Gasteiger partial charge in [-0.05, 0) is 56.7 Å². The Labute approximate surface area is 141 Å². The van der Waals surface area contributed by atoms with E-state index in [1.165, 1.54) is 11.1 Å². The van der Waals surface area contributed by atoms with Gasteiger partial charge < -0.3 is 9.26 Å². The van der Waals surface area contributed by atoms with Gasteiger partial charge in [-0.3, -0.25) is 4.79 Å². The third-order valence-electron chi connectivity index (χ3n) is 4.51. The van der Waals surface area contributed by atoms with Crippen LogP contribution >= 0.6 is 0 Å². The van der Waals surface area contributed by atoms with Crippen LogP contribution in [0.5, 0.6) is 0 Å². The van der Waals surface area contributed by atoms with E-state index in [4.69, 9.17) is 9.26 Å². The Balaban J connectivity index is 1.74. The van der Waals surface area contributed by atoms with Crippen LogP contribution in [0.1, 0.15) is 63.6 Å². The fourth-order valence-corrected chi connectivity index (χ4v) is 3.15. The fourth-order valence-electron chi connectivity index (χ4n) is 3.15. The van der Waals surface area contributed by atoms with Gasteiger partial charge in [0.05, 0.1) is 5.69 Å². The van der Waals surface area contributed by atoms with Crippen LogP contribution in [-0.4, -0.2) is 23.0 Å². The number of Topliss-reactive ketones (excluding diaryl/α,β-unsaturated/α-hetero) is 1. The molecule has 5 heteroatoms. The largest absolute Gasteiger partial charge is 0.451 e. The van der Waals surface area contributed by atoms with Crippen molar-refractivity contribution in [3.8, 4) is 0 Å². The Hall–Kier alpha value is -2.43. The van der Waals surface area contributed by atoms with E-state index in [1.54, 1.807) is 13.8 Å². The third-order valence-corrected chi connectivity index (χ3v) is 4.51. The predicted molar refractivity (Wildman–Crippen MR) is 88.3 cm³/mol. The van der Waals surface area contributed by atoms with Crippen molar-refractivity contribution in [2.45, 2.75) is 52.6 Å². The Morgan fingerprint density at radius 1 is 1.29 bits per heavy atom. The van der Waals surface area contributed by atoms with E-state index in [9.17, 15) is 9.59 Å². The summed E-state index contributed by atoms with van der Waals surface area (Å²) >= 11 is 0. The van der Waals surface area contributed by atoms with Crippen LogP contribution in [-0.2, 0) is 24.0 Å². The molecule has 0 radical (unpaired) electrons. The molecular weight excluding hydrogens is 306 g/mol.